The zero-order valence-electron chi connectivity index (χ0n) is 16.4. The third kappa shape index (κ3) is 3.57. The zero-order chi connectivity index (χ0) is 19.8. The number of nitrogens with zero attached hydrogens (tertiary/aromatic N) is 2. The minimum atomic E-state index is -0.242. The summed E-state index contributed by atoms with van der Waals surface area (Å²) in [4.78, 5) is 17.0. The monoisotopic (exact) mass is 395 g/mol. The lowest BCUT2D eigenvalue weighted by Crippen LogP contribution is -2.46. The Labute approximate surface area is 170 Å². The van der Waals surface area contributed by atoms with Crippen LogP contribution in [0.2, 0.25) is 0 Å². The minimum absolute atomic E-state index is 0.114. The fourth-order valence-corrected chi connectivity index (χ4v) is 5.06. The van der Waals surface area contributed by atoms with Gasteiger partial charge in [0.25, 0.3) is 0 Å². The number of hydrogen-bond acceptors (Lipinski definition) is 4. The summed E-state index contributed by atoms with van der Waals surface area (Å²) in [6, 6.07) is 13.0. The van der Waals surface area contributed by atoms with Gasteiger partial charge >= 0.3 is 0 Å². The van der Waals surface area contributed by atoms with Crippen LogP contribution in [0.1, 0.15) is 30.7 Å². The van der Waals surface area contributed by atoms with Gasteiger partial charge in [-0.05, 0) is 48.7 Å². The van der Waals surface area contributed by atoms with Crippen molar-refractivity contribution in [3.63, 3.8) is 0 Å². The number of ether oxygens (including phenoxy) is 1. The lowest BCUT2D eigenvalue weighted by molar-refractivity contribution is -0.116. The highest BCUT2D eigenvalue weighted by atomic mass is 19.1. The predicted octanol–water partition coefficient (Wildman–Crippen LogP) is 3.61. The molecule has 2 aromatic rings. The molecule has 0 radical (unpaired) electrons. The van der Waals surface area contributed by atoms with E-state index in [2.05, 4.69) is 27.2 Å². The average molecular weight is 395 g/mol. The van der Waals surface area contributed by atoms with Gasteiger partial charge < -0.3 is 19.9 Å². The molecule has 3 aliphatic rings. The molecule has 0 unspecified atom stereocenters. The molecule has 1 saturated heterocycles. The van der Waals surface area contributed by atoms with E-state index in [0.717, 1.165) is 50.5 Å². The molecule has 2 aromatic carbocycles. The highest BCUT2D eigenvalue weighted by Crippen LogP contribution is 2.49. The molecule has 1 fully saturated rings. The Bertz CT molecular complexity index is 901. The quantitative estimate of drug-likeness (QED) is 0.786. The van der Waals surface area contributed by atoms with Gasteiger partial charge in [0.2, 0.25) is 5.91 Å². The second-order valence-corrected chi connectivity index (χ2v) is 8.15. The van der Waals surface area contributed by atoms with Crippen LogP contribution in [0.3, 0.4) is 0 Å². The maximum Gasteiger partial charge on any atom is 0.226 e. The summed E-state index contributed by atoms with van der Waals surface area (Å²) >= 11 is 0. The van der Waals surface area contributed by atoms with Crippen molar-refractivity contribution >= 4 is 17.3 Å². The van der Waals surface area contributed by atoms with E-state index in [9.17, 15) is 9.18 Å². The van der Waals surface area contributed by atoms with Crippen molar-refractivity contribution < 1.29 is 13.9 Å². The molecule has 2 atom stereocenters. The number of piperidine rings is 1. The molecule has 3 heterocycles. The fraction of sp³-hybridized carbons (Fsp3) is 0.435. The van der Waals surface area contributed by atoms with Crippen LogP contribution in [0.4, 0.5) is 15.8 Å². The van der Waals surface area contributed by atoms with Gasteiger partial charge in [-0.15, -0.1) is 0 Å². The number of para-hydroxylation sites is 1. The summed E-state index contributed by atoms with van der Waals surface area (Å²) in [7, 11) is 0. The number of nitrogens with one attached hydrogen (secondary N) is 1. The first-order chi connectivity index (χ1) is 14.2. The lowest BCUT2D eigenvalue weighted by Gasteiger charge is -2.38. The van der Waals surface area contributed by atoms with Gasteiger partial charge in [-0.1, -0.05) is 12.1 Å². The van der Waals surface area contributed by atoms with Crippen molar-refractivity contribution in [2.24, 2.45) is 0 Å². The molecule has 3 aliphatic heterocycles. The molecule has 6 heteroatoms. The van der Waals surface area contributed by atoms with E-state index in [-0.39, 0.29) is 11.7 Å². The van der Waals surface area contributed by atoms with Gasteiger partial charge in [0, 0.05) is 44.6 Å². The summed E-state index contributed by atoms with van der Waals surface area (Å²) in [5.74, 6) is 1.08. The third-order valence-corrected chi connectivity index (χ3v) is 6.37. The molecule has 0 spiro atoms. The first kappa shape index (κ1) is 18.4. The van der Waals surface area contributed by atoms with E-state index in [1.807, 2.05) is 6.07 Å². The summed E-state index contributed by atoms with van der Waals surface area (Å²) in [6.45, 7) is 4.55. The van der Waals surface area contributed by atoms with Crippen LogP contribution in [0, 0.1) is 5.82 Å². The smallest absolute Gasteiger partial charge is 0.226 e. The van der Waals surface area contributed by atoms with E-state index in [1.165, 1.54) is 23.4 Å². The lowest BCUT2D eigenvalue weighted by atomic mass is 9.88. The van der Waals surface area contributed by atoms with E-state index in [4.69, 9.17) is 4.74 Å². The zero-order valence-corrected chi connectivity index (χ0v) is 16.4. The van der Waals surface area contributed by atoms with E-state index in [1.54, 1.807) is 12.1 Å². The molecule has 0 bridgehead atoms. The number of anilines is 2. The van der Waals surface area contributed by atoms with Crippen molar-refractivity contribution in [1.82, 2.24) is 4.90 Å². The predicted molar refractivity (Wildman–Crippen MR) is 111 cm³/mol. The number of benzene rings is 2. The molecule has 29 heavy (non-hydrogen) atoms. The molecule has 0 saturated carbocycles. The van der Waals surface area contributed by atoms with Crippen molar-refractivity contribution in [3.8, 4) is 5.75 Å². The molecule has 1 amide bonds. The Balaban J connectivity index is 1.21. The second-order valence-electron chi connectivity index (χ2n) is 8.15. The second kappa shape index (κ2) is 7.67. The van der Waals surface area contributed by atoms with Crippen molar-refractivity contribution in [3.05, 3.63) is 53.8 Å². The van der Waals surface area contributed by atoms with Gasteiger partial charge in [0.05, 0.1) is 18.0 Å². The standard InChI is InChI=1S/C23H26FN3O2/c24-16-5-7-17(8-6-16)29-14-2-11-26-12-9-21-19(15-26)18-3-1-4-20-23(18)27(21)13-10-22(28)25-20/h1,3-8,19,21H,2,9-15H2,(H,25,28)/t19-,21-/m0/s1. The number of hydrogen-bond donors (Lipinski definition) is 1. The summed E-state index contributed by atoms with van der Waals surface area (Å²) in [5.41, 5.74) is 3.59. The highest BCUT2D eigenvalue weighted by molar-refractivity contribution is 5.97. The van der Waals surface area contributed by atoms with E-state index in [0.29, 0.717) is 25.0 Å². The largest absolute Gasteiger partial charge is 0.494 e. The SMILES string of the molecule is O=C1CCN2c3c(cccc3[C@@H]3CN(CCCOc4ccc(F)cc4)CC[C@@H]32)N1. The fourth-order valence-electron chi connectivity index (χ4n) is 5.06. The summed E-state index contributed by atoms with van der Waals surface area (Å²) in [5, 5.41) is 3.08. The Morgan fingerprint density at radius 1 is 1.14 bits per heavy atom. The highest BCUT2D eigenvalue weighted by Gasteiger charge is 2.43. The maximum atomic E-state index is 13.0. The first-order valence-corrected chi connectivity index (χ1v) is 10.5. The molecule has 1 N–H and O–H groups in total. The normalized spacial score (nSPS) is 23.2. The van der Waals surface area contributed by atoms with Crippen molar-refractivity contribution in [2.75, 3.05) is 43.0 Å². The van der Waals surface area contributed by atoms with Crippen LogP contribution in [0.5, 0.6) is 5.75 Å². The van der Waals surface area contributed by atoms with Gasteiger partial charge in [0.1, 0.15) is 11.6 Å². The number of fused-ring (bicyclic) bond motifs is 3. The number of amides is 1. The molecule has 0 aromatic heterocycles. The van der Waals surface area contributed by atoms with Gasteiger partial charge in [-0.25, -0.2) is 4.39 Å². The molecule has 5 rings (SSSR count). The average Bonchev–Trinajstić information content (AvgIpc) is 2.94. The van der Waals surface area contributed by atoms with Crippen LogP contribution < -0.4 is 15.0 Å². The molecule has 152 valence electrons. The number of carbonyl (C=O) groups excluding carboxylic acids is 1. The molecular weight excluding hydrogens is 369 g/mol. The summed E-state index contributed by atoms with van der Waals surface area (Å²) in [6.07, 6.45) is 2.62. The Kier molecular flexibility index (Phi) is 4.87. The Morgan fingerprint density at radius 3 is 2.86 bits per heavy atom. The number of carbonyl (C=O) groups is 1. The molecule has 5 nitrogen and oxygen atoms in total. The third-order valence-electron chi connectivity index (χ3n) is 6.37. The number of rotatable bonds is 5. The van der Waals surface area contributed by atoms with E-state index < -0.39 is 0 Å². The van der Waals surface area contributed by atoms with Crippen LogP contribution in [-0.4, -0.2) is 49.6 Å². The van der Waals surface area contributed by atoms with Crippen molar-refractivity contribution in [1.29, 1.82) is 0 Å². The van der Waals surface area contributed by atoms with Crippen molar-refractivity contribution in [2.45, 2.75) is 31.2 Å². The minimum Gasteiger partial charge on any atom is -0.494 e. The van der Waals surface area contributed by atoms with Crippen LogP contribution in [0.15, 0.2) is 42.5 Å². The topological polar surface area (TPSA) is 44.8 Å². The van der Waals surface area contributed by atoms with Crippen LogP contribution in [-0.2, 0) is 4.79 Å². The maximum absolute atomic E-state index is 13.0. The number of halogens is 1. The molecular formula is C23H26FN3O2. The van der Waals surface area contributed by atoms with Crippen LogP contribution in [0.25, 0.3) is 0 Å². The Morgan fingerprint density at radius 2 is 2.00 bits per heavy atom. The number of likely N-dealkylation sites (tertiary alicyclic amines) is 1. The van der Waals surface area contributed by atoms with Gasteiger partial charge in [-0.3, -0.25) is 4.79 Å². The molecule has 0 aliphatic carbocycles. The van der Waals surface area contributed by atoms with Gasteiger partial charge in [0.15, 0.2) is 0 Å². The first-order valence-electron chi connectivity index (χ1n) is 10.5. The van der Waals surface area contributed by atoms with E-state index >= 15 is 0 Å². The van der Waals surface area contributed by atoms with Crippen LogP contribution >= 0.6 is 0 Å². The Hall–Kier alpha value is -2.60. The van der Waals surface area contributed by atoms with Gasteiger partial charge in [-0.2, -0.15) is 0 Å². The summed E-state index contributed by atoms with van der Waals surface area (Å²) < 4.78 is 18.7.